The summed E-state index contributed by atoms with van der Waals surface area (Å²) in [6.45, 7) is 9.56. The third-order valence-electron chi connectivity index (χ3n) is 13.7. The standard InChI is InChI=1S/C58H52S/c1-38-23-26-42(27-24-38)45(33-41-25-31-49-48-20-13-14-22-55(48)59-56(49)35-41)28-29-46-37-54-57(50-21-12-11-19-47(46)50)51-32-30-44(36-53(51)58(54,3)4)39(2)52(43-17-9-6-10-18-43)34-40-15-7-5-8-16-40/h5-27,30-32,35-37,39,45,52H,28-29,33-34H2,1-4H3. The maximum Gasteiger partial charge on any atom is 0.0358 e. The van der Waals surface area contributed by atoms with Gasteiger partial charge < -0.3 is 0 Å². The molecule has 0 saturated carbocycles. The summed E-state index contributed by atoms with van der Waals surface area (Å²) in [6.07, 6.45) is 4.17. The molecule has 1 heteroatoms. The molecule has 8 aromatic carbocycles. The Hall–Kier alpha value is -5.76. The van der Waals surface area contributed by atoms with Crippen molar-refractivity contribution in [3.63, 3.8) is 0 Å². The zero-order valence-corrected chi connectivity index (χ0v) is 35.5. The molecule has 0 saturated heterocycles. The highest BCUT2D eigenvalue weighted by atomic mass is 32.1. The van der Waals surface area contributed by atoms with Gasteiger partial charge in [-0.25, -0.2) is 0 Å². The first kappa shape index (κ1) is 37.5. The zero-order valence-electron chi connectivity index (χ0n) is 34.7. The average molecular weight is 781 g/mol. The molecule has 3 unspecified atom stereocenters. The van der Waals surface area contributed by atoms with E-state index in [0.29, 0.717) is 17.8 Å². The number of thiophene rings is 1. The lowest BCUT2D eigenvalue weighted by molar-refractivity contribution is 0.569. The van der Waals surface area contributed by atoms with Crippen LogP contribution in [0.25, 0.3) is 42.1 Å². The van der Waals surface area contributed by atoms with Crippen LogP contribution in [0.4, 0.5) is 0 Å². The second-order valence-electron chi connectivity index (χ2n) is 17.7. The van der Waals surface area contributed by atoms with Gasteiger partial charge in [-0.2, -0.15) is 0 Å². The number of fused-ring (bicyclic) bond motifs is 8. The van der Waals surface area contributed by atoms with E-state index in [1.807, 2.05) is 11.3 Å². The molecule has 1 aromatic heterocycles. The van der Waals surface area contributed by atoms with Gasteiger partial charge in [0.2, 0.25) is 0 Å². The molecule has 290 valence electrons. The van der Waals surface area contributed by atoms with Crippen LogP contribution in [0.15, 0.2) is 176 Å². The molecule has 59 heavy (non-hydrogen) atoms. The predicted molar refractivity (Wildman–Crippen MR) is 255 cm³/mol. The van der Waals surface area contributed by atoms with Crippen molar-refractivity contribution in [2.24, 2.45) is 0 Å². The lowest BCUT2D eigenvalue weighted by Gasteiger charge is -2.28. The number of rotatable bonds is 11. The van der Waals surface area contributed by atoms with Crippen LogP contribution in [-0.4, -0.2) is 0 Å². The molecule has 0 N–H and O–H groups in total. The quantitative estimate of drug-likeness (QED) is 0.123. The van der Waals surface area contributed by atoms with Gasteiger partial charge in [0.05, 0.1) is 0 Å². The monoisotopic (exact) mass is 780 g/mol. The molecule has 9 aromatic rings. The fourth-order valence-electron chi connectivity index (χ4n) is 10.3. The summed E-state index contributed by atoms with van der Waals surface area (Å²) in [5.41, 5.74) is 15.5. The van der Waals surface area contributed by atoms with E-state index in [0.717, 1.165) is 25.7 Å². The Bertz CT molecular complexity index is 2930. The Morgan fingerprint density at radius 3 is 1.95 bits per heavy atom. The van der Waals surface area contributed by atoms with Crippen molar-refractivity contribution in [1.82, 2.24) is 0 Å². The van der Waals surface area contributed by atoms with Crippen LogP contribution < -0.4 is 0 Å². The highest BCUT2D eigenvalue weighted by Gasteiger charge is 2.38. The normalized spacial score (nSPS) is 14.6. The summed E-state index contributed by atoms with van der Waals surface area (Å²) >= 11 is 1.92. The minimum atomic E-state index is -0.114. The minimum Gasteiger partial charge on any atom is -0.135 e. The summed E-state index contributed by atoms with van der Waals surface area (Å²) in [5, 5.41) is 5.53. The minimum absolute atomic E-state index is 0.114. The SMILES string of the molecule is Cc1ccc(C(CCc2cc3c(c4ccccc24)-c2ccc(C(C)C(Cc4ccccc4)c4ccccc4)cc2C3(C)C)Cc2ccc3c(c2)sc2ccccc23)cc1. The highest BCUT2D eigenvalue weighted by molar-refractivity contribution is 7.25. The Kier molecular flexibility index (Phi) is 9.82. The van der Waals surface area contributed by atoms with E-state index in [9.17, 15) is 0 Å². The highest BCUT2D eigenvalue weighted by Crippen LogP contribution is 2.53. The third-order valence-corrected chi connectivity index (χ3v) is 14.8. The third kappa shape index (κ3) is 7.00. The second-order valence-corrected chi connectivity index (χ2v) is 18.8. The van der Waals surface area contributed by atoms with Crippen LogP contribution in [0, 0.1) is 6.92 Å². The molecular formula is C58H52S. The number of hydrogen-bond donors (Lipinski definition) is 0. The lowest BCUT2D eigenvalue weighted by atomic mass is 9.76. The van der Waals surface area contributed by atoms with Crippen LogP contribution in [-0.2, 0) is 24.7 Å². The molecule has 0 aliphatic heterocycles. The topological polar surface area (TPSA) is 0 Å². The van der Waals surface area contributed by atoms with E-state index in [1.165, 1.54) is 92.1 Å². The van der Waals surface area contributed by atoms with Gasteiger partial charge in [-0.1, -0.05) is 190 Å². The fourth-order valence-corrected chi connectivity index (χ4v) is 11.5. The van der Waals surface area contributed by atoms with E-state index in [2.05, 4.69) is 204 Å². The molecule has 0 radical (unpaired) electrons. The van der Waals surface area contributed by atoms with E-state index < -0.39 is 0 Å². The Balaban J connectivity index is 0.986. The van der Waals surface area contributed by atoms with Crippen molar-refractivity contribution in [1.29, 1.82) is 0 Å². The first-order valence-electron chi connectivity index (χ1n) is 21.6. The van der Waals surface area contributed by atoms with Gasteiger partial charge >= 0.3 is 0 Å². The van der Waals surface area contributed by atoms with Crippen LogP contribution in [0.5, 0.6) is 0 Å². The van der Waals surface area contributed by atoms with Crippen molar-refractivity contribution in [3.05, 3.63) is 226 Å². The lowest BCUT2D eigenvalue weighted by Crippen LogP contribution is -2.17. The number of aryl methyl sites for hydroxylation is 2. The first-order chi connectivity index (χ1) is 28.8. The molecule has 1 aliphatic rings. The summed E-state index contributed by atoms with van der Waals surface area (Å²) in [5.74, 6) is 1.15. The van der Waals surface area contributed by atoms with Gasteiger partial charge in [0, 0.05) is 25.6 Å². The fraction of sp³-hybridized carbons (Fsp3) is 0.207. The van der Waals surface area contributed by atoms with Gasteiger partial charge in [0.1, 0.15) is 0 Å². The zero-order chi connectivity index (χ0) is 40.1. The van der Waals surface area contributed by atoms with Crippen LogP contribution in [0.3, 0.4) is 0 Å². The Morgan fingerprint density at radius 1 is 0.508 bits per heavy atom. The summed E-state index contributed by atoms with van der Waals surface area (Å²) in [7, 11) is 0. The predicted octanol–water partition coefficient (Wildman–Crippen LogP) is 15.9. The molecule has 1 aliphatic carbocycles. The van der Waals surface area contributed by atoms with Gasteiger partial charge in [0.25, 0.3) is 0 Å². The molecule has 0 amide bonds. The first-order valence-corrected chi connectivity index (χ1v) is 22.4. The summed E-state index contributed by atoms with van der Waals surface area (Å²) < 4.78 is 2.76. The molecule has 0 bridgehead atoms. The maximum atomic E-state index is 2.60. The van der Waals surface area contributed by atoms with Gasteiger partial charge in [0.15, 0.2) is 0 Å². The van der Waals surface area contributed by atoms with Crippen molar-refractivity contribution in [2.75, 3.05) is 0 Å². The van der Waals surface area contributed by atoms with Crippen molar-refractivity contribution in [2.45, 2.75) is 76.5 Å². The van der Waals surface area contributed by atoms with Crippen LogP contribution in [0.2, 0.25) is 0 Å². The summed E-state index contributed by atoms with van der Waals surface area (Å²) in [4.78, 5) is 0. The molecule has 10 rings (SSSR count). The molecule has 1 heterocycles. The molecular weight excluding hydrogens is 729 g/mol. The number of benzene rings is 8. The Labute approximate surface area is 354 Å². The number of hydrogen-bond acceptors (Lipinski definition) is 1. The molecule has 0 nitrogen and oxygen atoms in total. The van der Waals surface area contributed by atoms with Gasteiger partial charge in [-0.15, -0.1) is 11.3 Å². The van der Waals surface area contributed by atoms with Crippen LogP contribution >= 0.6 is 11.3 Å². The van der Waals surface area contributed by atoms with Crippen molar-refractivity contribution < 1.29 is 0 Å². The smallest absolute Gasteiger partial charge is 0.0358 e. The molecule has 0 spiro atoms. The molecule has 0 fully saturated rings. The van der Waals surface area contributed by atoms with Crippen LogP contribution in [0.1, 0.15) is 95.0 Å². The largest absolute Gasteiger partial charge is 0.135 e. The van der Waals surface area contributed by atoms with E-state index >= 15 is 0 Å². The second kappa shape index (κ2) is 15.4. The van der Waals surface area contributed by atoms with E-state index in [1.54, 1.807) is 0 Å². The van der Waals surface area contributed by atoms with E-state index in [4.69, 9.17) is 0 Å². The maximum absolute atomic E-state index is 2.60. The average Bonchev–Trinajstić information content (AvgIpc) is 3.75. The summed E-state index contributed by atoms with van der Waals surface area (Å²) in [6, 6.07) is 66.8. The molecule has 3 atom stereocenters. The van der Waals surface area contributed by atoms with Crippen molar-refractivity contribution in [3.8, 4) is 11.1 Å². The van der Waals surface area contributed by atoms with Gasteiger partial charge in [-0.05, 0) is 129 Å². The Morgan fingerprint density at radius 2 is 1.17 bits per heavy atom. The van der Waals surface area contributed by atoms with Gasteiger partial charge in [-0.3, -0.25) is 0 Å². The van der Waals surface area contributed by atoms with Crippen molar-refractivity contribution >= 4 is 42.3 Å². The van der Waals surface area contributed by atoms with E-state index in [-0.39, 0.29) is 5.41 Å².